The van der Waals surface area contributed by atoms with Crippen molar-refractivity contribution < 1.29 is 0 Å². The molecule has 1 heterocycles. The van der Waals surface area contributed by atoms with Gasteiger partial charge in [-0.3, -0.25) is 0 Å². The summed E-state index contributed by atoms with van der Waals surface area (Å²) in [6.45, 7) is 9.11. The first kappa shape index (κ1) is 27.8. The van der Waals surface area contributed by atoms with Gasteiger partial charge in [0.15, 0.2) is 0 Å². The van der Waals surface area contributed by atoms with E-state index in [1.807, 2.05) is 0 Å². The second-order valence-corrected chi connectivity index (χ2v) is 13.3. The summed E-state index contributed by atoms with van der Waals surface area (Å²) in [5, 5.41) is 11.5. The standard InChI is InChI=1S/C45H34BN/c1-27-11-8-12-28(2)43(27)46(44-29(3)13-9-14-30(44)4)35-22-24-36-39(26-35)47-45(33-15-6-5-7-16-33)38-25-34-20-19-31-17-10-18-32-21-23-37(42(36)38)41(34)40(31)32/h5-26H,1-4H3. The molecule has 9 aromatic rings. The van der Waals surface area contributed by atoms with E-state index in [0.717, 1.165) is 16.8 Å². The number of hydrogen-bond acceptors (Lipinski definition) is 1. The number of hydrogen-bond donors (Lipinski definition) is 0. The summed E-state index contributed by atoms with van der Waals surface area (Å²) in [4.78, 5) is 5.53. The summed E-state index contributed by atoms with van der Waals surface area (Å²) in [5.74, 6) is 0. The smallest absolute Gasteiger partial charge is 0.242 e. The summed E-state index contributed by atoms with van der Waals surface area (Å²) in [7, 11) is 0. The molecule has 0 bridgehead atoms. The minimum absolute atomic E-state index is 0.0980. The Balaban J connectivity index is 1.42. The van der Waals surface area contributed by atoms with E-state index >= 15 is 0 Å². The molecule has 0 aliphatic heterocycles. The Morgan fingerprint density at radius 3 is 1.66 bits per heavy atom. The minimum atomic E-state index is 0.0980. The molecule has 47 heavy (non-hydrogen) atoms. The average Bonchev–Trinajstić information content (AvgIpc) is 3.09. The van der Waals surface area contributed by atoms with Crippen LogP contribution in [0.4, 0.5) is 0 Å². The number of benzene rings is 8. The lowest BCUT2D eigenvalue weighted by Gasteiger charge is -2.24. The van der Waals surface area contributed by atoms with E-state index in [9.17, 15) is 0 Å². The van der Waals surface area contributed by atoms with Crippen LogP contribution in [-0.4, -0.2) is 11.7 Å². The van der Waals surface area contributed by atoms with Crippen LogP contribution >= 0.6 is 0 Å². The zero-order chi connectivity index (χ0) is 31.8. The minimum Gasteiger partial charge on any atom is -0.247 e. The fraction of sp³-hybridized carbons (Fsp3) is 0.0889. The number of aryl methyl sites for hydroxylation is 4. The Kier molecular flexibility index (Phi) is 6.24. The van der Waals surface area contributed by atoms with E-state index in [0.29, 0.717) is 0 Å². The van der Waals surface area contributed by atoms with Crippen molar-refractivity contribution in [2.24, 2.45) is 0 Å². The monoisotopic (exact) mass is 599 g/mol. The lowest BCUT2D eigenvalue weighted by atomic mass is 9.34. The quantitative estimate of drug-likeness (QED) is 0.112. The average molecular weight is 600 g/mol. The van der Waals surface area contributed by atoms with Crippen LogP contribution in [0.5, 0.6) is 0 Å². The summed E-state index contributed by atoms with van der Waals surface area (Å²) >= 11 is 0. The maximum atomic E-state index is 5.53. The van der Waals surface area contributed by atoms with E-state index in [1.165, 1.54) is 87.1 Å². The molecule has 0 aliphatic rings. The fourth-order valence-corrected chi connectivity index (χ4v) is 8.36. The third-order valence-electron chi connectivity index (χ3n) is 10.5. The summed E-state index contributed by atoms with van der Waals surface area (Å²) < 4.78 is 0. The fourth-order valence-electron chi connectivity index (χ4n) is 8.36. The number of nitrogens with zero attached hydrogens (tertiary/aromatic N) is 1. The predicted molar refractivity (Wildman–Crippen MR) is 205 cm³/mol. The van der Waals surface area contributed by atoms with Gasteiger partial charge in [0.1, 0.15) is 0 Å². The van der Waals surface area contributed by atoms with Gasteiger partial charge in [-0.15, -0.1) is 0 Å². The van der Waals surface area contributed by atoms with Gasteiger partial charge in [0, 0.05) is 21.7 Å². The zero-order valence-electron chi connectivity index (χ0n) is 27.2. The van der Waals surface area contributed by atoms with Gasteiger partial charge in [-0.05, 0) is 72.1 Å². The van der Waals surface area contributed by atoms with E-state index in [-0.39, 0.29) is 6.71 Å². The van der Waals surface area contributed by atoms with Gasteiger partial charge in [0.2, 0.25) is 6.71 Å². The van der Waals surface area contributed by atoms with Crippen LogP contribution in [0, 0.1) is 27.7 Å². The SMILES string of the molecule is Cc1cccc(C)c1B(c1ccc2c(c1)nc(-c1ccccc1)c1cc3ccc4cccc5ccc(c12)c3c45)c1c(C)cccc1C. The molecule has 2 heteroatoms. The van der Waals surface area contributed by atoms with Crippen molar-refractivity contribution in [1.29, 1.82) is 0 Å². The van der Waals surface area contributed by atoms with E-state index in [4.69, 9.17) is 4.98 Å². The van der Waals surface area contributed by atoms with Crippen LogP contribution in [0.15, 0.2) is 133 Å². The van der Waals surface area contributed by atoms with Crippen LogP contribution in [0.3, 0.4) is 0 Å². The van der Waals surface area contributed by atoms with Crippen LogP contribution in [0.2, 0.25) is 0 Å². The predicted octanol–water partition coefficient (Wildman–Crippen LogP) is 9.70. The first-order chi connectivity index (χ1) is 23.0. The highest BCUT2D eigenvalue weighted by Gasteiger charge is 2.28. The normalized spacial score (nSPS) is 11.8. The second kappa shape index (κ2) is 10.5. The molecule has 0 aliphatic carbocycles. The molecule has 9 rings (SSSR count). The summed E-state index contributed by atoms with van der Waals surface area (Å²) in [5.41, 5.74) is 12.5. The van der Waals surface area contributed by atoms with Crippen molar-refractivity contribution >= 4 is 77.1 Å². The summed E-state index contributed by atoms with van der Waals surface area (Å²) in [6, 6.07) is 49.4. The molecule has 8 aromatic carbocycles. The third kappa shape index (κ3) is 4.21. The molecule has 0 spiro atoms. The van der Waals surface area contributed by atoms with Crippen LogP contribution < -0.4 is 16.4 Å². The maximum absolute atomic E-state index is 5.53. The molecule has 0 fully saturated rings. The third-order valence-corrected chi connectivity index (χ3v) is 10.5. The highest BCUT2D eigenvalue weighted by Crippen LogP contribution is 2.43. The lowest BCUT2D eigenvalue weighted by molar-refractivity contribution is 1.40. The van der Waals surface area contributed by atoms with Gasteiger partial charge in [0.05, 0.1) is 11.2 Å². The molecule has 0 saturated carbocycles. The van der Waals surface area contributed by atoms with Crippen molar-refractivity contribution in [3.63, 3.8) is 0 Å². The molecule has 1 nitrogen and oxygen atoms in total. The van der Waals surface area contributed by atoms with Gasteiger partial charge >= 0.3 is 0 Å². The molecule has 1 aromatic heterocycles. The van der Waals surface area contributed by atoms with Gasteiger partial charge in [-0.25, -0.2) is 4.98 Å². The van der Waals surface area contributed by atoms with E-state index in [1.54, 1.807) is 0 Å². The van der Waals surface area contributed by atoms with E-state index < -0.39 is 0 Å². The van der Waals surface area contributed by atoms with Gasteiger partial charge in [0.25, 0.3) is 0 Å². The number of rotatable bonds is 4. The molecule has 222 valence electrons. The van der Waals surface area contributed by atoms with Crippen molar-refractivity contribution in [2.75, 3.05) is 0 Å². The molecule has 0 atom stereocenters. The molecule has 0 saturated heterocycles. The maximum Gasteiger partial charge on any atom is 0.242 e. The van der Waals surface area contributed by atoms with Crippen LogP contribution in [0.1, 0.15) is 22.3 Å². The largest absolute Gasteiger partial charge is 0.247 e. The Morgan fingerprint density at radius 1 is 0.426 bits per heavy atom. The molecule has 0 amide bonds. The van der Waals surface area contributed by atoms with Crippen molar-refractivity contribution in [1.82, 2.24) is 4.98 Å². The summed E-state index contributed by atoms with van der Waals surface area (Å²) in [6.07, 6.45) is 0. The van der Waals surface area contributed by atoms with Gasteiger partial charge < -0.3 is 0 Å². The number of fused-ring (bicyclic) bond motifs is 4. The Labute approximate surface area is 275 Å². The molecule has 0 unspecified atom stereocenters. The Hall–Kier alpha value is -5.47. The van der Waals surface area contributed by atoms with Crippen LogP contribution in [-0.2, 0) is 0 Å². The van der Waals surface area contributed by atoms with Crippen LogP contribution in [0.25, 0.3) is 65.3 Å². The van der Waals surface area contributed by atoms with E-state index in [2.05, 4.69) is 161 Å². The van der Waals surface area contributed by atoms with Crippen molar-refractivity contribution in [3.8, 4) is 11.3 Å². The Morgan fingerprint density at radius 2 is 1.00 bits per heavy atom. The van der Waals surface area contributed by atoms with Gasteiger partial charge in [-0.1, -0.05) is 160 Å². The second-order valence-electron chi connectivity index (χ2n) is 13.3. The first-order valence-electron chi connectivity index (χ1n) is 16.6. The topological polar surface area (TPSA) is 12.9 Å². The number of pyridine rings is 1. The first-order valence-corrected chi connectivity index (χ1v) is 16.6. The highest BCUT2D eigenvalue weighted by molar-refractivity contribution is 6.96. The molecule has 0 N–H and O–H groups in total. The molecular weight excluding hydrogens is 565 g/mol. The van der Waals surface area contributed by atoms with Crippen molar-refractivity contribution in [3.05, 3.63) is 156 Å². The van der Waals surface area contributed by atoms with Gasteiger partial charge in [-0.2, -0.15) is 0 Å². The number of aromatic nitrogens is 1. The molecule has 0 radical (unpaired) electrons. The lowest BCUT2D eigenvalue weighted by Crippen LogP contribution is -2.55. The van der Waals surface area contributed by atoms with Crippen molar-refractivity contribution in [2.45, 2.75) is 27.7 Å². The zero-order valence-corrected chi connectivity index (χ0v) is 27.2. The highest BCUT2D eigenvalue weighted by atomic mass is 14.7. The molecular formula is C45H34BN. The Bertz CT molecular complexity index is 2560.